The number of hydrogen-bond donors (Lipinski definition) is 0. The third kappa shape index (κ3) is 5.55. The predicted molar refractivity (Wildman–Crippen MR) is 110 cm³/mol. The number of aryl methyl sites for hydroxylation is 2. The second-order valence-corrected chi connectivity index (χ2v) is 9.40. The Labute approximate surface area is 169 Å². The molecule has 0 fully saturated rings. The summed E-state index contributed by atoms with van der Waals surface area (Å²) in [5.74, 6) is 0. The van der Waals surface area contributed by atoms with Crippen LogP contribution in [0.25, 0.3) is 21.5 Å². The van der Waals surface area contributed by atoms with E-state index in [-0.39, 0.29) is 0 Å². The molecule has 25 heavy (non-hydrogen) atoms. The summed E-state index contributed by atoms with van der Waals surface area (Å²) in [6.45, 7) is 4.39. The van der Waals surface area contributed by atoms with Gasteiger partial charge in [0, 0.05) is 0 Å². The average molecular weight is 449 g/mol. The van der Waals surface area contributed by atoms with E-state index in [1.54, 1.807) is 0 Å². The minimum atomic E-state index is -0.826. The van der Waals surface area contributed by atoms with Gasteiger partial charge in [-0.25, -0.2) is 0 Å². The van der Waals surface area contributed by atoms with Crippen LogP contribution in [-0.4, -0.2) is 0 Å². The van der Waals surface area contributed by atoms with E-state index < -0.39 is 20.8 Å². The fourth-order valence-electron chi connectivity index (χ4n) is 3.05. The van der Waals surface area contributed by atoms with Crippen LogP contribution in [0.2, 0.25) is 0 Å². The van der Waals surface area contributed by atoms with Gasteiger partial charge in [-0.3, -0.25) is 0 Å². The molecule has 4 aromatic carbocycles. The Hall–Kier alpha value is -0.877. The molecule has 0 saturated carbocycles. The molecule has 0 N–H and O–H groups in total. The standard InChI is InChI=1S/2C11H11.2ClH.Zr/c2*1-2-9-7-8-10-5-3-4-6-11(9)10;;;/h2*3-8H,2H2,1H3;2*1H;/q2*-1;;;+4/p-2. The third-order valence-corrected chi connectivity index (χ3v) is 4.30. The quantitative estimate of drug-likeness (QED) is 0.277. The summed E-state index contributed by atoms with van der Waals surface area (Å²) in [7, 11) is 9.87. The molecule has 0 radical (unpaired) electrons. The molecule has 0 aliphatic heterocycles. The molecule has 0 saturated heterocycles. The van der Waals surface area contributed by atoms with Crippen LogP contribution in [0.4, 0.5) is 0 Å². The number of hydrogen-bond acceptors (Lipinski definition) is 0. The second kappa shape index (κ2) is 11.0. The van der Waals surface area contributed by atoms with Gasteiger partial charge in [-0.1, -0.05) is 38.8 Å². The number of benzene rings is 2. The van der Waals surface area contributed by atoms with Crippen molar-refractivity contribution in [1.82, 2.24) is 0 Å². The Bertz CT molecular complexity index is 815. The first kappa shape index (κ1) is 20.4. The van der Waals surface area contributed by atoms with Crippen LogP contribution < -0.4 is 0 Å². The van der Waals surface area contributed by atoms with Crippen LogP contribution in [0.1, 0.15) is 25.0 Å². The first-order valence-electron chi connectivity index (χ1n) is 8.48. The van der Waals surface area contributed by atoms with E-state index in [0.29, 0.717) is 0 Å². The maximum atomic E-state index is 4.93. The summed E-state index contributed by atoms with van der Waals surface area (Å²) in [5.41, 5.74) is 2.92. The van der Waals surface area contributed by atoms with E-state index >= 15 is 0 Å². The summed E-state index contributed by atoms with van der Waals surface area (Å²) in [5, 5.41) is 5.55. The van der Waals surface area contributed by atoms with Gasteiger partial charge in [-0.2, -0.15) is 12.1 Å². The van der Waals surface area contributed by atoms with Crippen LogP contribution in [0, 0.1) is 0 Å². The summed E-state index contributed by atoms with van der Waals surface area (Å²) in [6.07, 6.45) is 2.26. The maximum absolute atomic E-state index is 4.93. The Morgan fingerprint density at radius 2 is 1.04 bits per heavy atom. The van der Waals surface area contributed by atoms with Crippen LogP contribution in [0.3, 0.4) is 0 Å². The fourth-order valence-corrected chi connectivity index (χ4v) is 3.05. The van der Waals surface area contributed by atoms with E-state index in [4.69, 9.17) is 17.0 Å². The monoisotopic (exact) mass is 446 g/mol. The van der Waals surface area contributed by atoms with Gasteiger partial charge in [0.05, 0.1) is 0 Å². The van der Waals surface area contributed by atoms with Crippen molar-refractivity contribution in [3.05, 3.63) is 83.9 Å². The van der Waals surface area contributed by atoms with Crippen molar-refractivity contribution in [2.45, 2.75) is 26.7 Å². The summed E-state index contributed by atoms with van der Waals surface area (Å²) in [4.78, 5) is 0. The van der Waals surface area contributed by atoms with Gasteiger partial charge in [0.25, 0.3) is 0 Å². The van der Waals surface area contributed by atoms with E-state index in [1.807, 2.05) is 0 Å². The van der Waals surface area contributed by atoms with Crippen molar-refractivity contribution >= 4 is 38.6 Å². The molecule has 0 bridgehead atoms. The molecule has 0 unspecified atom stereocenters. The summed E-state index contributed by atoms with van der Waals surface area (Å²) in [6, 6.07) is 25.9. The molecule has 0 aromatic heterocycles. The molecule has 3 heteroatoms. The molecule has 0 atom stereocenters. The van der Waals surface area contributed by atoms with Crippen molar-refractivity contribution < 1.29 is 20.8 Å². The number of rotatable bonds is 2. The predicted octanol–water partition coefficient (Wildman–Crippen LogP) is 7.62. The molecule has 0 aliphatic carbocycles. The Balaban J connectivity index is 0.000000156. The van der Waals surface area contributed by atoms with Gasteiger partial charge >= 0.3 is 37.9 Å². The van der Waals surface area contributed by atoms with Crippen LogP contribution in [0.5, 0.6) is 0 Å². The SMILES string of the molecule is CC[c-]1ccc2ccccc21.CC[c-]1ccc2ccccc21.[Cl][Zr+2][Cl]. The molecule has 4 aromatic rings. The summed E-state index contributed by atoms with van der Waals surface area (Å²) >= 11 is -0.826. The van der Waals surface area contributed by atoms with Crippen LogP contribution in [-0.2, 0) is 33.7 Å². The van der Waals surface area contributed by atoms with E-state index in [0.717, 1.165) is 12.8 Å². The van der Waals surface area contributed by atoms with Crippen molar-refractivity contribution in [2.24, 2.45) is 0 Å². The van der Waals surface area contributed by atoms with Crippen LogP contribution >= 0.6 is 17.0 Å². The molecular weight excluding hydrogens is 426 g/mol. The molecule has 0 spiro atoms. The Kier molecular flexibility index (Phi) is 8.96. The molecular formula is C22H22Cl2Zr. The zero-order valence-electron chi connectivity index (χ0n) is 14.6. The normalized spacial score (nSPS) is 9.76. The fraction of sp³-hybridized carbons (Fsp3) is 0.182. The zero-order valence-corrected chi connectivity index (χ0v) is 18.6. The molecule has 4 rings (SSSR count). The van der Waals surface area contributed by atoms with Gasteiger partial charge in [0.1, 0.15) is 0 Å². The molecule has 0 aliphatic rings. The molecule has 0 nitrogen and oxygen atoms in total. The third-order valence-electron chi connectivity index (χ3n) is 4.30. The van der Waals surface area contributed by atoms with Gasteiger partial charge in [-0.05, 0) is 0 Å². The van der Waals surface area contributed by atoms with Crippen molar-refractivity contribution in [3.63, 3.8) is 0 Å². The summed E-state index contributed by atoms with van der Waals surface area (Å²) < 4.78 is 0. The van der Waals surface area contributed by atoms with E-state index in [2.05, 4.69) is 86.6 Å². The number of halogens is 2. The van der Waals surface area contributed by atoms with Gasteiger partial charge in [-0.15, -0.1) is 81.2 Å². The van der Waals surface area contributed by atoms with Crippen molar-refractivity contribution in [2.75, 3.05) is 0 Å². The molecule has 0 heterocycles. The minimum absolute atomic E-state index is 0.826. The van der Waals surface area contributed by atoms with E-state index in [1.165, 1.54) is 32.7 Å². The molecule has 0 amide bonds. The second-order valence-electron chi connectivity index (χ2n) is 5.67. The topological polar surface area (TPSA) is 0 Å². The van der Waals surface area contributed by atoms with Gasteiger partial charge in [0.15, 0.2) is 0 Å². The first-order valence-corrected chi connectivity index (χ1v) is 14.8. The number of fused-ring (bicyclic) bond motifs is 2. The Morgan fingerprint density at radius 3 is 1.40 bits per heavy atom. The zero-order chi connectivity index (χ0) is 18.1. The van der Waals surface area contributed by atoms with E-state index in [9.17, 15) is 0 Å². The first-order chi connectivity index (χ1) is 12.2. The van der Waals surface area contributed by atoms with Gasteiger partial charge < -0.3 is 0 Å². The Morgan fingerprint density at radius 1 is 0.680 bits per heavy atom. The molecule has 128 valence electrons. The van der Waals surface area contributed by atoms with Crippen molar-refractivity contribution in [3.8, 4) is 0 Å². The van der Waals surface area contributed by atoms with Crippen LogP contribution in [0.15, 0.2) is 72.8 Å². The average Bonchev–Trinajstić information content (AvgIpc) is 3.26. The van der Waals surface area contributed by atoms with Gasteiger partial charge in [0.2, 0.25) is 0 Å². The van der Waals surface area contributed by atoms with Crippen molar-refractivity contribution in [1.29, 1.82) is 0 Å².